The molecule has 0 unspecified atom stereocenters. The van der Waals surface area contributed by atoms with Crippen LogP contribution in [-0.4, -0.2) is 15.7 Å². The third kappa shape index (κ3) is 6.18. The van der Waals surface area contributed by atoms with Crippen molar-refractivity contribution in [2.45, 2.75) is 0 Å². The number of alkyl halides is 1. The fourth-order valence-electron chi connectivity index (χ4n) is 0.177. The molecule has 3 nitrogen and oxygen atoms in total. The standard InChI is InChI=1S/C3H6ClO3P/c4-2-1-3-8(5,6)7/h1,3H,2H2,(H2,5,6,7). The Balaban J connectivity index is 3.71. The van der Waals surface area contributed by atoms with E-state index in [1.165, 1.54) is 6.08 Å². The Morgan fingerprint density at radius 1 is 1.62 bits per heavy atom. The minimum atomic E-state index is -3.95. The van der Waals surface area contributed by atoms with E-state index < -0.39 is 7.60 Å². The van der Waals surface area contributed by atoms with Crippen LogP contribution in [0.2, 0.25) is 0 Å². The molecule has 0 rings (SSSR count). The molecule has 2 N–H and O–H groups in total. The first kappa shape index (κ1) is 8.18. The second-order valence-corrected chi connectivity index (χ2v) is 2.91. The molecule has 0 fully saturated rings. The molecule has 0 aliphatic carbocycles. The van der Waals surface area contributed by atoms with Crippen LogP contribution in [0.25, 0.3) is 0 Å². The van der Waals surface area contributed by atoms with Gasteiger partial charge in [0.2, 0.25) is 0 Å². The van der Waals surface area contributed by atoms with E-state index in [0.717, 1.165) is 5.82 Å². The van der Waals surface area contributed by atoms with E-state index in [1.807, 2.05) is 0 Å². The van der Waals surface area contributed by atoms with Crippen LogP contribution in [0.3, 0.4) is 0 Å². The summed E-state index contributed by atoms with van der Waals surface area (Å²) >= 11 is 5.08. The van der Waals surface area contributed by atoms with E-state index in [2.05, 4.69) is 0 Å². The van der Waals surface area contributed by atoms with Gasteiger partial charge in [0.1, 0.15) is 0 Å². The maximum atomic E-state index is 9.94. The first-order valence-electron chi connectivity index (χ1n) is 1.85. The summed E-state index contributed by atoms with van der Waals surface area (Å²) in [6.07, 6.45) is 1.21. The molecular formula is C3H6ClO3P. The molecule has 8 heavy (non-hydrogen) atoms. The third-order valence-electron chi connectivity index (χ3n) is 0.389. The lowest BCUT2D eigenvalue weighted by Crippen LogP contribution is -1.68. The predicted molar refractivity (Wildman–Crippen MR) is 31.9 cm³/mol. The first-order chi connectivity index (χ1) is 3.56. The van der Waals surface area contributed by atoms with E-state index >= 15 is 0 Å². The maximum Gasteiger partial charge on any atom is 0.348 e. The summed E-state index contributed by atoms with van der Waals surface area (Å²) < 4.78 is 9.94. The summed E-state index contributed by atoms with van der Waals surface area (Å²) in [7, 11) is -3.95. The number of rotatable bonds is 2. The van der Waals surface area contributed by atoms with E-state index in [0.29, 0.717) is 0 Å². The smallest absolute Gasteiger partial charge is 0.321 e. The van der Waals surface area contributed by atoms with Gasteiger partial charge in [-0.1, -0.05) is 6.08 Å². The molecule has 0 saturated carbocycles. The van der Waals surface area contributed by atoms with E-state index in [4.69, 9.17) is 21.4 Å². The zero-order chi connectivity index (χ0) is 6.62. The lowest BCUT2D eigenvalue weighted by atomic mass is 10.8. The Labute approximate surface area is 52.1 Å². The summed E-state index contributed by atoms with van der Waals surface area (Å²) in [6.45, 7) is 0. The van der Waals surface area contributed by atoms with Gasteiger partial charge in [-0.15, -0.1) is 11.6 Å². The molecule has 0 aromatic heterocycles. The van der Waals surface area contributed by atoms with Gasteiger partial charge in [0.25, 0.3) is 0 Å². The van der Waals surface area contributed by atoms with Crippen LogP contribution in [-0.2, 0) is 4.57 Å². The largest absolute Gasteiger partial charge is 0.348 e. The van der Waals surface area contributed by atoms with Gasteiger partial charge in [-0.25, -0.2) is 0 Å². The van der Waals surface area contributed by atoms with Crippen LogP contribution in [0.4, 0.5) is 0 Å². The summed E-state index contributed by atoms with van der Waals surface area (Å²) in [5.41, 5.74) is 0. The molecule has 0 heterocycles. The first-order valence-corrected chi connectivity index (χ1v) is 4.07. The highest BCUT2D eigenvalue weighted by Gasteiger charge is 2.03. The Hall–Kier alpha value is 0.180. The highest BCUT2D eigenvalue weighted by atomic mass is 35.5. The van der Waals surface area contributed by atoms with Crippen molar-refractivity contribution in [1.82, 2.24) is 0 Å². The molecular weight excluding hydrogens is 150 g/mol. The number of hydrogen-bond acceptors (Lipinski definition) is 1. The fraction of sp³-hybridized carbons (Fsp3) is 0.333. The van der Waals surface area contributed by atoms with Gasteiger partial charge < -0.3 is 9.79 Å². The summed E-state index contributed by atoms with van der Waals surface area (Å²) in [5, 5.41) is 0. The molecule has 0 atom stereocenters. The minimum Gasteiger partial charge on any atom is -0.321 e. The van der Waals surface area contributed by atoms with Crippen LogP contribution in [0.15, 0.2) is 11.9 Å². The van der Waals surface area contributed by atoms with Crippen molar-refractivity contribution in [2.75, 3.05) is 5.88 Å². The SMILES string of the molecule is O=P(O)(O)C=CCCl. The highest BCUT2D eigenvalue weighted by Crippen LogP contribution is 2.35. The van der Waals surface area contributed by atoms with E-state index in [1.54, 1.807) is 0 Å². The molecule has 5 heteroatoms. The van der Waals surface area contributed by atoms with Crippen molar-refractivity contribution in [2.24, 2.45) is 0 Å². The van der Waals surface area contributed by atoms with E-state index in [-0.39, 0.29) is 5.88 Å². The summed E-state index contributed by atoms with van der Waals surface area (Å²) in [5.74, 6) is 0.908. The monoisotopic (exact) mass is 156 g/mol. The van der Waals surface area contributed by atoms with Crippen LogP contribution >= 0.6 is 19.2 Å². The Morgan fingerprint density at radius 3 is 2.25 bits per heavy atom. The summed E-state index contributed by atoms with van der Waals surface area (Å²) in [4.78, 5) is 16.2. The van der Waals surface area contributed by atoms with Crippen LogP contribution in [0.1, 0.15) is 0 Å². The Morgan fingerprint density at radius 2 is 2.12 bits per heavy atom. The molecule has 0 spiro atoms. The molecule has 0 saturated heterocycles. The average molecular weight is 157 g/mol. The molecule has 48 valence electrons. The quantitative estimate of drug-likeness (QED) is 0.462. The fourth-order valence-corrected chi connectivity index (χ4v) is 0.771. The number of hydrogen-bond donors (Lipinski definition) is 2. The third-order valence-corrected chi connectivity index (χ3v) is 1.17. The van der Waals surface area contributed by atoms with Crippen molar-refractivity contribution >= 4 is 19.2 Å². The second-order valence-electron chi connectivity index (χ2n) is 1.13. The summed E-state index contributed by atoms with van der Waals surface area (Å²) in [6, 6.07) is 0. The normalized spacial score (nSPS) is 12.9. The van der Waals surface area contributed by atoms with Crippen LogP contribution in [0, 0.1) is 0 Å². The molecule has 0 aromatic carbocycles. The highest BCUT2D eigenvalue weighted by molar-refractivity contribution is 7.55. The van der Waals surface area contributed by atoms with Gasteiger partial charge in [0.15, 0.2) is 0 Å². The molecule has 0 aliphatic rings. The Bertz CT molecular complexity index is 126. The average Bonchev–Trinajstić information content (AvgIpc) is 1.59. The number of halogens is 1. The molecule has 0 amide bonds. The molecule has 0 radical (unpaired) electrons. The molecule has 0 aliphatic heterocycles. The second kappa shape index (κ2) is 3.25. The van der Waals surface area contributed by atoms with Crippen molar-refractivity contribution < 1.29 is 14.4 Å². The zero-order valence-electron chi connectivity index (χ0n) is 3.99. The van der Waals surface area contributed by atoms with Crippen LogP contribution in [0.5, 0.6) is 0 Å². The van der Waals surface area contributed by atoms with Gasteiger partial charge in [-0.05, 0) is 0 Å². The van der Waals surface area contributed by atoms with Gasteiger partial charge in [0.05, 0.1) is 0 Å². The van der Waals surface area contributed by atoms with Crippen molar-refractivity contribution in [3.05, 3.63) is 11.9 Å². The predicted octanol–water partition coefficient (Wildman–Crippen LogP) is 0.917. The zero-order valence-corrected chi connectivity index (χ0v) is 5.64. The Kier molecular flexibility index (Phi) is 3.33. The van der Waals surface area contributed by atoms with E-state index in [9.17, 15) is 4.57 Å². The minimum absolute atomic E-state index is 0.130. The number of allylic oxidation sites excluding steroid dienone is 1. The maximum absolute atomic E-state index is 9.94. The van der Waals surface area contributed by atoms with Gasteiger partial charge in [0, 0.05) is 11.7 Å². The van der Waals surface area contributed by atoms with Crippen molar-refractivity contribution in [1.29, 1.82) is 0 Å². The van der Waals surface area contributed by atoms with Gasteiger partial charge in [-0.2, -0.15) is 0 Å². The van der Waals surface area contributed by atoms with Crippen molar-refractivity contribution in [3.63, 3.8) is 0 Å². The van der Waals surface area contributed by atoms with Crippen molar-refractivity contribution in [3.8, 4) is 0 Å². The van der Waals surface area contributed by atoms with Crippen LogP contribution < -0.4 is 0 Å². The van der Waals surface area contributed by atoms with Gasteiger partial charge >= 0.3 is 7.60 Å². The molecule has 0 aromatic rings. The lowest BCUT2D eigenvalue weighted by Gasteiger charge is -1.90. The molecule has 0 bridgehead atoms. The lowest BCUT2D eigenvalue weighted by molar-refractivity contribution is 0.386. The van der Waals surface area contributed by atoms with Gasteiger partial charge in [-0.3, -0.25) is 4.57 Å². The topological polar surface area (TPSA) is 57.5 Å².